The van der Waals surface area contributed by atoms with Crippen molar-refractivity contribution in [2.24, 2.45) is 0 Å². The third-order valence-corrected chi connectivity index (χ3v) is 3.27. The molecule has 0 amide bonds. The molecule has 0 heterocycles. The number of aliphatic hydroxyl groups is 2. The van der Waals surface area contributed by atoms with Gasteiger partial charge in [-0.15, -0.1) is 0 Å². The fourth-order valence-corrected chi connectivity index (χ4v) is 2.33. The third kappa shape index (κ3) is 7.52. The van der Waals surface area contributed by atoms with E-state index in [0.717, 1.165) is 25.7 Å². The van der Waals surface area contributed by atoms with Gasteiger partial charge >= 0.3 is 0 Å². The maximum Gasteiger partial charge on any atom is 0.168 e. The Labute approximate surface area is 121 Å². The zero-order valence-electron chi connectivity index (χ0n) is 12.2. The molecule has 1 saturated carbocycles. The van der Waals surface area contributed by atoms with Gasteiger partial charge in [-0.2, -0.15) is 0 Å². The second kappa shape index (κ2) is 11.4. The van der Waals surface area contributed by atoms with E-state index in [2.05, 4.69) is 0 Å². The van der Waals surface area contributed by atoms with Gasteiger partial charge in [0.25, 0.3) is 0 Å². The molecular weight excluding hydrogens is 264 g/mol. The molecule has 2 N–H and O–H groups in total. The number of aliphatic hydroxyl groups excluding tert-OH is 2. The van der Waals surface area contributed by atoms with Gasteiger partial charge in [-0.25, -0.2) is 0 Å². The Bertz CT molecular complexity index is 202. The smallest absolute Gasteiger partial charge is 0.168 e. The molecule has 0 aromatic carbocycles. The number of ether oxygens (including phenoxy) is 4. The van der Waals surface area contributed by atoms with Gasteiger partial charge in [0, 0.05) is 12.8 Å². The molecule has 0 aromatic heterocycles. The highest BCUT2D eigenvalue weighted by molar-refractivity contribution is 4.75. The van der Waals surface area contributed by atoms with E-state index >= 15 is 0 Å². The molecule has 0 bridgehead atoms. The van der Waals surface area contributed by atoms with Crippen molar-refractivity contribution in [3.63, 3.8) is 0 Å². The topological polar surface area (TPSA) is 77.4 Å². The van der Waals surface area contributed by atoms with Crippen molar-refractivity contribution in [3.05, 3.63) is 0 Å². The van der Waals surface area contributed by atoms with Crippen LogP contribution in [0.4, 0.5) is 0 Å². The Morgan fingerprint density at radius 2 is 1.15 bits per heavy atom. The first-order chi connectivity index (χ1) is 9.83. The summed E-state index contributed by atoms with van der Waals surface area (Å²) in [6, 6.07) is 0. The van der Waals surface area contributed by atoms with E-state index in [-0.39, 0.29) is 13.2 Å². The lowest BCUT2D eigenvalue weighted by molar-refractivity contribution is -0.260. The molecule has 1 rings (SSSR count). The standard InChI is InChI=1S/C14H28O6/c15-6-8-17-10-12-19-14(4-2-1-3-5-14)20-13-11-18-9-7-16/h15-16H,1-13H2. The molecule has 0 unspecified atom stereocenters. The van der Waals surface area contributed by atoms with Gasteiger partial charge in [-0.3, -0.25) is 0 Å². The Morgan fingerprint density at radius 1 is 0.650 bits per heavy atom. The van der Waals surface area contributed by atoms with E-state index in [9.17, 15) is 0 Å². The summed E-state index contributed by atoms with van der Waals surface area (Å²) in [7, 11) is 0. The van der Waals surface area contributed by atoms with Crippen molar-refractivity contribution in [2.45, 2.75) is 37.9 Å². The summed E-state index contributed by atoms with van der Waals surface area (Å²) in [4.78, 5) is 0. The van der Waals surface area contributed by atoms with Crippen LogP contribution in [-0.2, 0) is 18.9 Å². The van der Waals surface area contributed by atoms with Crippen LogP contribution in [0.1, 0.15) is 32.1 Å². The predicted octanol–water partition coefficient (Wildman–Crippen LogP) is 0.698. The normalized spacial score (nSPS) is 18.3. The van der Waals surface area contributed by atoms with Crippen LogP contribution in [0.15, 0.2) is 0 Å². The van der Waals surface area contributed by atoms with Crippen molar-refractivity contribution in [3.8, 4) is 0 Å². The van der Waals surface area contributed by atoms with Crippen LogP contribution in [0.25, 0.3) is 0 Å². The van der Waals surface area contributed by atoms with Crippen LogP contribution in [0.3, 0.4) is 0 Å². The molecule has 6 heteroatoms. The minimum atomic E-state index is -0.511. The first-order valence-corrected chi connectivity index (χ1v) is 7.48. The quantitative estimate of drug-likeness (QED) is 0.407. The molecule has 0 atom stereocenters. The Hall–Kier alpha value is -0.240. The fraction of sp³-hybridized carbons (Fsp3) is 1.00. The van der Waals surface area contributed by atoms with Crippen LogP contribution in [0, 0.1) is 0 Å². The predicted molar refractivity (Wildman–Crippen MR) is 73.5 cm³/mol. The van der Waals surface area contributed by atoms with E-state index < -0.39 is 5.79 Å². The van der Waals surface area contributed by atoms with Crippen molar-refractivity contribution in [1.29, 1.82) is 0 Å². The van der Waals surface area contributed by atoms with Gasteiger partial charge in [-0.1, -0.05) is 6.42 Å². The van der Waals surface area contributed by atoms with Gasteiger partial charge in [0.1, 0.15) is 0 Å². The second-order valence-electron chi connectivity index (χ2n) is 4.84. The molecule has 0 aromatic rings. The van der Waals surface area contributed by atoms with Crippen molar-refractivity contribution in [1.82, 2.24) is 0 Å². The van der Waals surface area contributed by atoms with Gasteiger partial charge in [0.05, 0.1) is 52.9 Å². The lowest BCUT2D eigenvalue weighted by atomic mass is 9.94. The first-order valence-electron chi connectivity index (χ1n) is 7.48. The molecular formula is C14H28O6. The van der Waals surface area contributed by atoms with E-state index in [4.69, 9.17) is 29.2 Å². The highest BCUT2D eigenvalue weighted by Gasteiger charge is 2.33. The minimum Gasteiger partial charge on any atom is -0.394 e. The molecule has 1 aliphatic carbocycles. The van der Waals surface area contributed by atoms with E-state index in [1.54, 1.807) is 0 Å². The van der Waals surface area contributed by atoms with E-state index in [0.29, 0.717) is 39.6 Å². The average molecular weight is 292 g/mol. The molecule has 1 aliphatic rings. The van der Waals surface area contributed by atoms with Crippen LogP contribution in [-0.4, -0.2) is 68.9 Å². The molecule has 0 saturated heterocycles. The van der Waals surface area contributed by atoms with E-state index in [1.165, 1.54) is 6.42 Å². The van der Waals surface area contributed by atoms with Crippen molar-refractivity contribution in [2.75, 3.05) is 52.9 Å². The Kier molecular flexibility index (Phi) is 10.2. The van der Waals surface area contributed by atoms with Crippen molar-refractivity contribution >= 4 is 0 Å². The average Bonchev–Trinajstić information content (AvgIpc) is 2.48. The first kappa shape index (κ1) is 17.8. The lowest BCUT2D eigenvalue weighted by Gasteiger charge is -2.37. The van der Waals surface area contributed by atoms with Gasteiger partial charge in [0.2, 0.25) is 0 Å². The summed E-state index contributed by atoms with van der Waals surface area (Å²) < 4.78 is 22.2. The summed E-state index contributed by atoms with van der Waals surface area (Å²) in [6.07, 6.45) is 5.22. The number of hydrogen-bond donors (Lipinski definition) is 2. The maximum atomic E-state index is 8.63. The SMILES string of the molecule is OCCOCCOC1(OCCOCCO)CCCCC1. The third-order valence-electron chi connectivity index (χ3n) is 3.27. The summed E-state index contributed by atoms with van der Waals surface area (Å²) >= 11 is 0. The molecule has 0 aliphatic heterocycles. The Morgan fingerprint density at radius 3 is 1.60 bits per heavy atom. The van der Waals surface area contributed by atoms with Crippen molar-refractivity contribution < 1.29 is 29.2 Å². The van der Waals surface area contributed by atoms with Gasteiger partial charge < -0.3 is 29.2 Å². The molecule has 6 nitrogen and oxygen atoms in total. The summed E-state index contributed by atoms with van der Waals surface area (Å²) in [6.45, 7) is 2.61. The highest BCUT2D eigenvalue weighted by Crippen LogP contribution is 2.32. The van der Waals surface area contributed by atoms with Crippen LogP contribution in [0.2, 0.25) is 0 Å². The summed E-state index contributed by atoms with van der Waals surface area (Å²) in [5.41, 5.74) is 0. The fourth-order valence-electron chi connectivity index (χ4n) is 2.33. The van der Waals surface area contributed by atoms with Crippen LogP contribution >= 0.6 is 0 Å². The molecule has 0 spiro atoms. The largest absolute Gasteiger partial charge is 0.394 e. The zero-order chi connectivity index (χ0) is 14.5. The second-order valence-corrected chi connectivity index (χ2v) is 4.84. The number of rotatable bonds is 12. The van der Waals surface area contributed by atoms with Crippen LogP contribution < -0.4 is 0 Å². The van der Waals surface area contributed by atoms with Gasteiger partial charge in [-0.05, 0) is 12.8 Å². The lowest BCUT2D eigenvalue weighted by Crippen LogP contribution is -2.40. The number of hydrogen-bond acceptors (Lipinski definition) is 6. The Balaban J connectivity index is 2.22. The van der Waals surface area contributed by atoms with Gasteiger partial charge in [0.15, 0.2) is 5.79 Å². The minimum absolute atomic E-state index is 0.0316. The zero-order valence-corrected chi connectivity index (χ0v) is 12.2. The van der Waals surface area contributed by atoms with Crippen LogP contribution in [0.5, 0.6) is 0 Å². The van der Waals surface area contributed by atoms with E-state index in [1.807, 2.05) is 0 Å². The molecule has 0 radical (unpaired) electrons. The highest BCUT2D eigenvalue weighted by atomic mass is 16.7. The molecule has 120 valence electrons. The summed E-state index contributed by atoms with van der Waals surface area (Å²) in [5, 5.41) is 17.3. The summed E-state index contributed by atoms with van der Waals surface area (Å²) in [5.74, 6) is -0.511. The monoisotopic (exact) mass is 292 g/mol. The molecule has 1 fully saturated rings. The maximum absolute atomic E-state index is 8.63. The molecule has 20 heavy (non-hydrogen) atoms.